The second kappa shape index (κ2) is 12.2. The summed E-state index contributed by atoms with van der Waals surface area (Å²) in [7, 11) is 0. The van der Waals surface area contributed by atoms with Crippen molar-refractivity contribution in [3.63, 3.8) is 0 Å². The van der Waals surface area contributed by atoms with Crippen molar-refractivity contribution < 1.29 is 9.47 Å². The van der Waals surface area contributed by atoms with E-state index in [1.807, 2.05) is 20.8 Å². The van der Waals surface area contributed by atoms with E-state index in [0.29, 0.717) is 0 Å². The van der Waals surface area contributed by atoms with Gasteiger partial charge in [-0.15, -0.1) is 12.3 Å². The highest BCUT2D eigenvalue weighted by molar-refractivity contribution is 4.73. The standard InChI is InChI=1S/C6H14O2.C3H4/c1-4-7-6(3)8-5-2;1-3-2/h6H,4-5H2,1-3H3;1H,2H3. The highest BCUT2D eigenvalue weighted by Gasteiger charge is 1.94. The predicted molar refractivity (Wildman–Crippen MR) is 47.2 cm³/mol. The van der Waals surface area contributed by atoms with Gasteiger partial charge in [0, 0.05) is 13.2 Å². The van der Waals surface area contributed by atoms with Crippen LogP contribution in [0.2, 0.25) is 0 Å². The van der Waals surface area contributed by atoms with E-state index in [4.69, 9.17) is 9.47 Å². The van der Waals surface area contributed by atoms with Crippen LogP contribution in [0.3, 0.4) is 0 Å². The van der Waals surface area contributed by atoms with Gasteiger partial charge < -0.3 is 9.47 Å². The molecule has 11 heavy (non-hydrogen) atoms. The first-order valence-corrected chi connectivity index (χ1v) is 3.83. The fourth-order valence-corrected chi connectivity index (χ4v) is 0.518. The molecule has 0 aliphatic heterocycles. The average molecular weight is 158 g/mol. The van der Waals surface area contributed by atoms with E-state index in [1.165, 1.54) is 0 Å². The molecule has 0 N–H and O–H groups in total. The lowest BCUT2D eigenvalue weighted by atomic mass is 10.7. The fourth-order valence-electron chi connectivity index (χ4n) is 0.518. The lowest BCUT2D eigenvalue weighted by Gasteiger charge is -2.09. The van der Waals surface area contributed by atoms with Gasteiger partial charge in [0.05, 0.1) is 0 Å². The Kier molecular flexibility index (Phi) is 14.5. The molecular weight excluding hydrogens is 140 g/mol. The van der Waals surface area contributed by atoms with Crippen LogP contribution in [0, 0.1) is 12.3 Å². The largest absolute Gasteiger partial charge is 0.353 e. The third-order valence-corrected chi connectivity index (χ3v) is 0.803. The predicted octanol–water partition coefficient (Wildman–Crippen LogP) is 2.04. The molecule has 0 rings (SSSR count). The molecule has 0 bridgehead atoms. The van der Waals surface area contributed by atoms with E-state index in [9.17, 15) is 0 Å². The van der Waals surface area contributed by atoms with Crippen LogP contribution in [-0.4, -0.2) is 19.5 Å². The Bertz CT molecular complexity index is 88.2. The molecule has 0 spiro atoms. The monoisotopic (exact) mass is 158 g/mol. The van der Waals surface area contributed by atoms with Crippen LogP contribution < -0.4 is 0 Å². The maximum absolute atomic E-state index is 5.06. The molecule has 0 unspecified atom stereocenters. The average Bonchev–Trinajstić information content (AvgIpc) is 1.90. The molecule has 0 fully saturated rings. The molecule has 0 aliphatic rings. The summed E-state index contributed by atoms with van der Waals surface area (Å²) in [6, 6.07) is 0. The quantitative estimate of drug-likeness (QED) is 0.460. The Morgan fingerprint density at radius 1 is 1.27 bits per heavy atom. The summed E-state index contributed by atoms with van der Waals surface area (Å²) >= 11 is 0. The summed E-state index contributed by atoms with van der Waals surface area (Å²) in [6.45, 7) is 8.90. The Balaban J connectivity index is 0. The summed E-state index contributed by atoms with van der Waals surface area (Å²) in [4.78, 5) is 0. The van der Waals surface area contributed by atoms with Crippen molar-refractivity contribution in [2.45, 2.75) is 34.0 Å². The first kappa shape index (κ1) is 13.1. The number of hydrogen-bond acceptors (Lipinski definition) is 2. The van der Waals surface area contributed by atoms with Crippen molar-refractivity contribution in [2.24, 2.45) is 0 Å². The van der Waals surface area contributed by atoms with Crippen LogP contribution >= 0.6 is 0 Å². The van der Waals surface area contributed by atoms with Gasteiger partial charge >= 0.3 is 0 Å². The fraction of sp³-hybridized carbons (Fsp3) is 0.778. The highest BCUT2D eigenvalue weighted by Crippen LogP contribution is 1.90. The molecule has 0 saturated heterocycles. The topological polar surface area (TPSA) is 18.5 Å². The van der Waals surface area contributed by atoms with Gasteiger partial charge in [0.25, 0.3) is 0 Å². The van der Waals surface area contributed by atoms with Crippen LogP contribution in [-0.2, 0) is 9.47 Å². The first-order valence-electron chi connectivity index (χ1n) is 3.83. The Morgan fingerprint density at radius 2 is 1.55 bits per heavy atom. The van der Waals surface area contributed by atoms with Gasteiger partial charge in [0.2, 0.25) is 0 Å². The number of terminal acetylenes is 1. The normalized spacial score (nSPS) is 8.36. The third kappa shape index (κ3) is 17.7. The van der Waals surface area contributed by atoms with Gasteiger partial charge in [-0.05, 0) is 27.7 Å². The molecule has 0 heterocycles. The molecule has 0 atom stereocenters. The zero-order valence-corrected chi connectivity index (χ0v) is 7.89. The summed E-state index contributed by atoms with van der Waals surface area (Å²) in [5.41, 5.74) is 0. The molecule has 0 saturated carbocycles. The van der Waals surface area contributed by atoms with E-state index >= 15 is 0 Å². The molecule has 2 nitrogen and oxygen atoms in total. The summed E-state index contributed by atoms with van der Waals surface area (Å²) in [5.74, 6) is 2.25. The molecule has 2 heteroatoms. The summed E-state index contributed by atoms with van der Waals surface area (Å²) in [5, 5.41) is 0. The van der Waals surface area contributed by atoms with E-state index in [0.717, 1.165) is 13.2 Å². The van der Waals surface area contributed by atoms with Gasteiger partial charge in [-0.2, -0.15) is 0 Å². The van der Waals surface area contributed by atoms with Crippen molar-refractivity contribution in [3.05, 3.63) is 0 Å². The molecule has 0 aromatic carbocycles. The second-order valence-corrected chi connectivity index (χ2v) is 1.77. The zero-order valence-electron chi connectivity index (χ0n) is 7.89. The molecule has 0 amide bonds. The molecule has 66 valence electrons. The second-order valence-electron chi connectivity index (χ2n) is 1.77. The van der Waals surface area contributed by atoms with E-state index in [1.54, 1.807) is 6.92 Å². The van der Waals surface area contributed by atoms with Crippen molar-refractivity contribution >= 4 is 0 Å². The number of hydrogen-bond donors (Lipinski definition) is 0. The number of ether oxygens (including phenoxy) is 2. The lowest BCUT2D eigenvalue weighted by molar-refractivity contribution is -0.123. The molecule has 0 aromatic rings. The van der Waals surface area contributed by atoms with Crippen LogP contribution in [0.1, 0.15) is 27.7 Å². The van der Waals surface area contributed by atoms with Crippen LogP contribution in [0.25, 0.3) is 0 Å². The maximum Gasteiger partial charge on any atom is 0.154 e. The first-order chi connectivity index (χ1) is 5.22. The van der Waals surface area contributed by atoms with Crippen molar-refractivity contribution in [1.82, 2.24) is 0 Å². The van der Waals surface area contributed by atoms with Crippen molar-refractivity contribution in [1.29, 1.82) is 0 Å². The molecule has 0 aliphatic carbocycles. The van der Waals surface area contributed by atoms with E-state index in [-0.39, 0.29) is 6.29 Å². The maximum atomic E-state index is 5.06. The lowest BCUT2D eigenvalue weighted by Crippen LogP contribution is -2.11. The molecule has 0 aromatic heterocycles. The van der Waals surface area contributed by atoms with Gasteiger partial charge in [-0.3, -0.25) is 0 Å². The minimum absolute atomic E-state index is 0.0370. The highest BCUT2D eigenvalue weighted by atomic mass is 16.7. The minimum atomic E-state index is -0.0370. The van der Waals surface area contributed by atoms with Gasteiger partial charge in [0.1, 0.15) is 0 Å². The van der Waals surface area contributed by atoms with Gasteiger partial charge in [0.15, 0.2) is 6.29 Å². The van der Waals surface area contributed by atoms with Crippen LogP contribution in [0.5, 0.6) is 0 Å². The SMILES string of the molecule is C#CC.CCOC(C)OCC. The molecular formula is C9H18O2. The Morgan fingerprint density at radius 3 is 1.73 bits per heavy atom. The van der Waals surface area contributed by atoms with Gasteiger partial charge in [-0.1, -0.05) is 0 Å². The summed E-state index contributed by atoms with van der Waals surface area (Å²) < 4.78 is 10.1. The molecule has 0 radical (unpaired) electrons. The minimum Gasteiger partial charge on any atom is -0.353 e. The van der Waals surface area contributed by atoms with Crippen molar-refractivity contribution in [3.8, 4) is 12.3 Å². The smallest absolute Gasteiger partial charge is 0.154 e. The number of rotatable bonds is 4. The zero-order chi connectivity index (χ0) is 9.11. The Hall–Kier alpha value is -0.520. The van der Waals surface area contributed by atoms with E-state index in [2.05, 4.69) is 12.3 Å². The van der Waals surface area contributed by atoms with Crippen LogP contribution in [0.15, 0.2) is 0 Å². The summed E-state index contributed by atoms with van der Waals surface area (Å²) in [6.07, 6.45) is 4.56. The van der Waals surface area contributed by atoms with Crippen molar-refractivity contribution in [2.75, 3.05) is 13.2 Å². The van der Waals surface area contributed by atoms with E-state index < -0.39 is 0 Å². The Labute approximate surface area is 69.9 Å². The van der Waals surface area contributed by atoms with Gasteiger partial charge in [-0.25, -0.2) is 0 Å². The third-order valence-electron chi connectivity index (χ3n) is 0.803. The van der Waals surface area contributed by atoms with Crippen LogP contribution in [0.4, 0.5) is 0 Å².